The van der Waals surface area contributed by atoms with Crippen LogP contribution in [0.15, 0.2) is 48.5 Å². The summed E-state index contributed by atoms with van der Waals surface area (Å²) in [5.41, 5.74) is -4.08. The van der Waals surface area contributed by atoms with Crippen LogP contribution in [0.3, 0.4) is 0 Å². The van der Waals surface area contributed by atoms with Gasteiger partial charge in [-0.3, -0.25) is 9.59 Å². The monoisotopic (exact) mass is 418 g/mol. The number of esters is 2. The molecule has 0 saturated heterocycles. The average Bonchev–Trinajstić information content (AvgIpc) is 2.65. The van der Waals surface area contributed by atoms with Crippen LogP contribution >= 0.6 is 0 Å². The maximum Gasteiger partial charge on any atom is 0.454 e. The summed E-state index contributed by atoms with van der Waals surface area (Å²) in [4.78, 5) is 47.0. The minimum Gasteiger partial charge on any atom is -0.386 e. The van der Waals surface area contributed by atoms with Gasteiger partial charge >= 0.3 is 24.3 Å². The van der Waals surface area contributed by atoms with Crippen LogP contribution in [0.25, 0.3) is 0 Å². The SMILES string of the molecule is O=C(OC(=O)c1ccccc1C(=O)C(F)(F)F)c1ccccc1C(=O)C(F)(F)F. The van der Waals surface area contributed by atoms with Crippen molar-refractivity contribution in [1.82, 2.24) is 0 Å². The number of carbonyl (C=O) groups is 4. The Morgan fingerprint density at radius 2 is 0.828 bits per heavy atom. The minimum atomic E-state index is -5.33. The van der Waals surface area contributed by atoms with Gasteiger partial charge in [0.25, 0.3) is 11.6 Å². The van der Waals surface area contributed by atoms with Gasteiger partial charge in [-0.15, -0.1) is 0 Å². The molecule has 0 aliphatic carbocycles. The van der Waals surface area contributed by atoms with Gasteiger partial charge in [-0.1, -0.05) is 36.4 Å². The summed E-state index contributed by atoms with van der Waals surface area (Å²) in [6.45, 7) is 0. The molecule has 11 heteroatoms. The maximum atomic E-state index is 12.6. The third-order valence-corrected chi connectivity index (χ3v) is 3.48. The van der Waals surface area contributed by atoms with Gasteiger partial charge in [0.2, 0.25) is 0 Å². The van der Waals surface area contributed by atoms with Crippen molar-refractivity contribution in [3.05, 3.63) is 70.8 Å². The number of hydrogen-bond donors (Lipinski definition) is 0. The maximum absolute atomic E-state index is 12.6. The molecule has 0 aliphatic heterocycles. The Balaban J connectivity index is 2.37. The molecule has 2 aromatic rings. The average molecular weight is 418 g/mol. The smallest absolute Gasteiger partial charge is 0.386 e. The molecule has 0 aliphatic rings. The number of alkyl halides is 6. The number of rotatable bonds is 4. The second-order valence-electron chi connectivity index (χ2n) is 5.42. The van der Waals surface area contributed by atoms with E-state index in [9.17, 15) is 45.5 Å². The first-order valence-electron chi connectivity index (χ1n) is 7.51. The van der Waals surface area contributed by atoms with Crippen molar-refractivity contribution < 1.29 is 50.3 Å². The molecule has 0 N–H and O–H groups in total. The normalized spacial score (nSPS) is 11.7. The third-order valence-electron chi connectivity index (χ3n) is 3.48. The van der Waals surface area contributed by atoms with E-state index in [4.69, 9.17) is 0 Å². The Morgan fingerprint density at radius 3 is 1.10 bits per heavy atom. The van der Waals surface area contributed by atoms with Crippen molar-refractivity contribution in [1.29, 1.82) is 0 Å². The van der Waals surface area contributed by atoms with Crippen LogP contribution in [0, 0.1) is 0 Å². The zero-order valence-electron chi connectivity index (χ0n) is 13.9. The van der Waals surface area contributed by atoms with Gasteiger partial charge in [-0.05, 0) is 12.1 Å². The number of ether oxygens (including phenoxy) is 1. The molecular weight excluding hydrogens is 410 g/mol. The molecule has 152 valence electrons. The first-order chi connectivity index (χ1) is 13.3. The quantitative estimate of drug-likeness (QED) is 0.322. The molecule has 0 amide bonds. The van der Waals surface area contributed by atoms with Crippen molar-refractivity contribution in [2.45, 2.75) is 12.4 Å². The van der Waals surface area contributed by atoms with E-state index in [2.05, 4.69) is 4.74 Å². The van der Waals surface area contributed by atoms with Crippen molar-refractivity contribution >= 4 is 23.5 Å². The predicted octanol–water partition coefficient (Wildman–Crippen LogP) is 4.17. The van der Waals surface area contributed by atoms with E-state index < -0.39 is 58.1 Å². The predicted molar refractivity (Wildman–Crippen MR) is 83.4 cm³/mol. The van der Waals surface area contributed by atoms with Crippen molar-refractivity contribution in [2.75, 3.05) is 0 Å². The topological polar surface area (TPSA) is 77.5 Å². The number of Topliss-reactive ketones (excluding diaryl/α,β-unsaturated/α-hetero) is 2. The molecule has 2 rings (SSSR count). The third kappa shape index (κ3) is 4.86. The first kappa shape index (κ1) is 21.8. The molecule has 0 radical (unpaired) electrons. The van der Waals surface area contributed by atoms with Crippen LogP contribution in [-0.4, -0.2) is 35.9 Å². The van der Waals surface area contributed by atoms with Gasteiger partial charge in [0, 0.05) is 11.1 Å². The number of benzene rings is 2. The van der Waals surface area contributed by atoms with Crippen LogP contribution in [0.5, 0.6) is 0 Å². The lowest BCUT2D eigenvalue weighted by molar-refractivity contribution is -0.0888. The highest BCUT2D eigenvalue weighted by molar-refractivity contribution is 6.14. The molecular formula is C18H8F6O5. The highest BCUT2D eigenvalue weighted by Gasteiger charge is 2.42. The fourth-order valence-corrected chi connectivity index (χ4v) is 2.22. The zero-order chi connectivity index (χ0) is 22.0. The van der Waals surface area contributed by atoms with E-state index in [1.807, 2.05) is 0 Å². The van der Waals surface area contributed by atoms with Crippen LogP contribution in [0.1, 0.15) is 41.4 Å². The van der Waals surface area contributed by atoms with Crippen molar-refractivity contribution in [3.8, 4) is 0 Å². The van der Waals surface area contributed by atoms with E-state index in [0.29, 0.717) is 12.1 Å². The highest BCUT2D eigenvalue weighted by atomic mass is 19.4. The van der Waals surface area contributed by atoms with E-state index in [1.165, 1.54) is 0 Å². The lowest BCUT2D eigenvalue weighted by Gasteiger charge is -2.11. The molecule has 0 bridgehead atoms. The van der Waals surface area contributed by atoms with Gasteiger partial charge < -0.3 is 4.74 Å². The summed E-state index contributed by atoms with van der Waals surface area (Å²) in [7, 11) is 0. The van der Waals surface area contributed by atoms with Crippen LogP contribution < -0.4 is 0 Å². The summed E-state index contributed by atoms with van der Waals surface area (Å²) in [5, 5.41) is 0. The highest BCUT2D eigenvalue weighted by Crippen LogP contribution is 2.26. The number of carbonyl (C=O) groups excluding carboxylic acids is 4. The second kappa shape index (κ2) is 7.86. The standard InChI is InChI=1S/C18H8F6O5/c19-17(20,21)13(25)9-5-1-3-7-11(9)15(27)29-16(28)12-8-4-2-6-10(12)14(26)18(22,23)24/h1-8H. The molecule has 29 heavy (non-hydrogen) atoms. The number of ketones is 2. The molecule has 0 heterocycles. The largest absolute Gasteiger partial charge is 0.454 e. The summed E-state index contributed by atoms with van der Waals surface area (Å²) < 4.78 is 80.2. The van der Waals surface area contributed by atoms with E-state index >= 15 is 0 Å². The van der Waals surface area contributed by atoms with E-state index in [-0.39, 0.29) is 0 Å². The van der Waals surface area contributed by atoms with Gasteiger partial charge in [0.15, 0.2) is 0 Å². The second-order valence-corrected chi connectivity index (χ2v) is 5.42. The molecule has 5 nitrogen and oxygen atoms in total. The lowest BCUT2D eigenvalue weighted by atomic mass is 10.0. The Bertz CT molecular complexity index is 911. The molecule has 0 spiro atoms. The number of hydrogen-bond acceptors (Lipinski definition) is 5. The summed E-state index contributed by atoms with van der Waals surface area (Å²) in [6, 6.07) is 7.06. The Labute approximate surface area is 157 Å². The lowest BCUT2D eigenvalue weighted by Crippen LogP contribution is -2.27. The Kier molecular flexibility index (Phi) is 5.90. The Hall–Kier alpha value is -3.50. The minimum absolute atomic E-state index is 0.665. The van der Waals surface area contributed by atoms with Crippen LogP contribution in [0.4, 0.5) is 26.3 Å². The Morgan fingerprint density at radius 1 is 0.552 bits per heavy atom. The zero-order valence-corrected chi connectivity index (χ0v) is 13.9. The van der Waals surface area contributed by atoms with Crippen molar-refractivity contribution in [3.63, 3.8) is 0 Å². The van der Waals surface area contributed by atoms with Crippen LogP contribution in [-0.2, 0) is 4.74 Å². The fourth-order valence-electron chi connectivity index (χ4n) is 2.22. The van der Waals surface area contributed by atoms with Crippen LogP contribution in [0.2, 0.25) is 0 Å². The molecule has 0 unspecified atom stereocenters. The van der Waals surface area contributed by atoms with E-state index in [1.54, 1.807) is 0 Å². The summed E-state index contributed by atoms with van der Waals surface area (Å²) in [6.07, 6.45) is -10.7. The summed E-state index contributed by atoms with van der Waals surface area (Å²) >= 11 is 0. The fraction of sp³-hybridized carbons (Fsp3) is 0.111. The summed E-state index contributed by atoms with van der Waals surface area (Å²) in [5.74, 6) is -8.19. The molecule has 2 aromatic carbocycles. The van der Waals surface area contributed by atoms with Gasteiger partial charge in [0.1, 0.15) is 0 Å². The van der Waals surface area contributed by atoms with Gasteiger partial charge in [0.05, 0.1) is 11.1 Å². The number of halogens is 6. The van der Waals surface area contributed by atoms with E-state index in [0.717, 1.165) is 36.4 Å². The first-order valence-corrected chi connectivity index (χ1v) is 7.51. The van der Waals surface area contributed by atoms with Gasteiger partial charge in [-0.25, -0.2) is 9.59 Å². The van der Waals surface area contributed by atoms with Crippen molar-refractivity contribution in [2.24, 2.45) is 0 Å². The molecule has 0 fully saturated rings. The van der Waals surface area contributed by atoms with Gasteiger partial charge in [-0.2, -0.15) is 26.3 Å². The molecule has 0 saturated carbocycles. The molecule has 0 atom stereocenters. The molecule has 0 aromatic heterocycles.